The van der Waals surface area contributed by atoms with Crippen LogP contribution in [0.2, 0.25) is 5.02 Å². The SMILES string of the molecule is CC(O)(c1ccccc1Cl)C1CCOC2(CCCC2)C1. The molecule has 0 amide bonds. The van der Waals surface area contributed by atoms with E-state index in [1.54, 1.807) is 0 Å². The van der Waals surface area contributed by atoms with Crippen LogP contribution in [0, 0.1) is 5.92 Å². The first-order valence-electron chi connectivity index (χ1n) is 7.65. The average molecular weight is 295 g/mol. The summed E-state index contributed by atoms with van der Waals surface area (Å²) in [6.45, 7) is 2.66. The first-order valence-corrected chi connectivity index (χ1v) is 8.03. The number of halogens is 1. The van der Waals surface area contributed by atoms with Gasteiger partial charge in [-0.1, -0.05) is 42.6 Å². The van der Waals surface area contributed by atoms with Gasteiger partial charge in [0.15, 0.2) is 0 Å². The van der Waals surface area contributed by atoms with Gasteiger partial charge in [0.2, 0.25) is 0 Å². The number of ether oxygens (including phenoxy) is 1. The molecule has 1 saturated heterocycles. The molecule has 3 heteroatoms. The van der Waals surface area contributed by atoms with E-state index in [4.69, 9.17) is 16.3 Å². The Kier molecular flexibility index (Phi) is 3.83. The maximum atomic E-state index is 11.1. The maximum Gasteiger partial charge on any atom is 0.0912 e. The third-order valence-corrected chi connectivity index (χ3v) is 5.55. The molecule has 0 bridgehead atoms. The van der Waals surface area contributed by atoms with Crippen molar-refractivity contribution >= 4 is 11.6 Å². The van der Waals surface area contributed by atoms with E-state index in [0.29, 0.717) is 5.02 Å². The zero-order valence-corrected chi connectivity index (χ0v) is 12.8. The fourth-order valence-corrected chi connectivity index (χ4v) is 4.29. The van der Waals surface area contributed by atoms with E-state index < -0.39 is 5.60 Å². The summed E-state index contributed by atoms with van der Waals surface area (Å²) in [5.74, 6) is 0.217. The molecule has 1 heterocycles. The van der Waals surface area contributed by atoms with Gasteiger partial charge in [0.05, 0.1) is 11.2 Å². The standard InChI is InChI=1S/C17H23ClO2/c1-16(19,14-6-2-3-7-15(14)18)13-8-11-20-17(12-13)9-4-5-10-17/h2-3,6-7,13,19H,4-5,8-12H2,1H3. The summed E-state index contributed by atoms with van der Waals surface area (Å²) >= 11 is 6.29. The summed E-state index contributed by atoms with van der Waals surface area (Å²) in [5.41, 5.74) is -0.00647. The van der Waals surface area contributed by atoms with E-state index in [0.717, 1.165) is 37.9 Å². The summed E-state index contributed by atoms with van der Waals surface area (Å²) in [5, 5.41) is 11.8. The predicted octanol–water partition coefficient (Wildman–Crippen LogP) is 4.29. The summed E-state index contributed by atoms with van der Waals surface area (Å²) in [6.07, 6.45) is 6.64. The molecule has 20 heavy (non-hydrogen) atoms. The van der Waals surface area contributed by atoms with Gasteiger partial charge in [-0.3, -0.25) is 0 Å². The topological polar surface area (TPSA) is 29.5 Å². The highest BCUT2D eigenvalue weighted by atomic mass is 35.5. The Bertz CT molecular complexity index is 478. The van der Waals surface area contributed by atoms with Crippen LogP contribution in [0.4, 0.5) is 0 Å². The lowest BCUT2D eigenvalue weighted by Crippen LogP contribution is -2.44. The Morgan fingerprint density at radius 3 is 2.70 bits per heavy atom. The Morgan fingerprint density at radius 1 is 1.30 bits per heavy atom. The fraction of sp³-hybridized carbons (Fsp3) is 0.647. The lowest BCUT2D eigenvalue weighted by molar-refractivity contribution is -0.138. The zero-order chi connectivity index (χ0) is 14.2. The molecule has 1 spiro atoms. The van der Waals surface area contributed by atoms with Crippen LogP contribution in [0.5, 0.6) is 0 Å². The summed E-state index contributed by atoms with van der Waals surface area (Å²) in [7, 11) is 0. The monoisotopic (exact) mass is 294 g/mol. The molecule has 1 aliphatic carbocycles. The van der Waals surface area contributed by atoms with Crippen molar-refractivity contribution in [3.63, 3.8) is 0 Å². The van der Waals surface area contributed by atoms with E-state index in [9.17, 15) is 5.11 Å². The molecule has 1 aromatic rings. The number of hydrogen-bond donors (Lipinski definition) is 1. The minimum atomic E-state index is -0.877. The molecule has 110 valence electrons. The largest absolute Gasteiger partial charge is 0.385 e. The van der Waals surface area contributed by atoms with E-state index in [1.165, 1.54) is 12.8 Å². The van der Waals surface area contributed by atoms with Crippen LogP contribution in [0.1, 0.15) is 51.0 Å². The van der Waals surface area contributed by atoms with Crippen molar-refractivity contribution in [3.05, 3.63) is 34.9 Å². The highest BCUT2D eigenvalue weighted by Crippen LogP contribution is 2.48. The van der Waals surface area contributed by atoms with Gasteiger partial charge in [-0.2, -0.15) is 0 Å². The molecule has 2 aliphatic rings. The predicted molar refractivity (Wildman–Crippen MR) is 80.9 cm³/mol. The molecule has 1 N–H and O–H groups in total. The first-order chi connectivity index (χ1) is 9.54. The highest BCUT2D eigenvalue weighted by molar-refractivity contribution is 6.31. The number of rotatable bonds is 2. The van der Waals surface area contributed by atoms with Crippen LogP contribution in [0.3, 0.4) is 0 Å². The van der Waals surface area contributed by atoms with E-state index in [-0.39, 0.29) is 11.5 Å². The molecule has 1 saturated carbocycles. The van der Waals surface area contributed by atoms with Crippen molar-refractivity contribution in [3.8, 4) is 0 Å². The van der Waals surface area contributed by atoms with Gasteiger partial charge in [0.25, 0.3) is 0 Å². The quantitative estimate of drug-likeness (QED) is 0.882. The van der Waals surface area contributed by atoms with Crippen molar-refractivity contribution in [1.82, 2.24) is 0 Å². The molecule has 2 fully saturated rings. The molecular formula is C17H23ClO2. The molecule has 2 atom stereocenters. The van der Waals surface area contributed by atoms with Crippen LogP contribution < -0.4 is 0 Å². The average Bonchev–Trinajstić information content (AvgIpc) is 2.87. The van der Waals surface area contributed by atoms with Crippen LogP contribution in [0.25, 0.3) is 0 Å². The van der Waals surface area contributed by atoms with Gasteiger partial charge < -0.3 is 9.84 Å². The Balaban J connectivity index is 1.85. The maximum absolute atomic E-state index is 11.1. The summed E-state index contributed by atoms with van der Waals surface area (Å²) in [6, 6.07) is 7.65. The first kappa shape index (κ1) is 14.4. The second-order valence-electron chi connectivity index (χ2n) is 6.56. The number of hydrogen-bond acceptors (Lipinski definition) is 2. The second-order valence-corrected chi connectivity index (χ2v) is 6.96. The van der Waals surface area contributed by atoms with Crippen LogP contribution in [0.15, 0.2) is 24.3 Å². The normalized spacial score (nSPS) is 28.4. The van der Waals surface area contributed by atoms with E-state index >= 15 is 0 Å². The van der Waals surface area contributed by atoms with Gasteiger partial charge in [-0.15, -0.1) is 0 Å². The molecule has 2 nitrogen and oxygen atoms in total. The molecule has 1 aromatic carbocycles. The lowest BCUT2D eigenvalue weighted by Gasteiger charge is -2.44. The zero-order valence-electron chi connectivity index (χ0n) is 12.1. The molecule has 0 aromatic heterocycles. The Labute approximate surface area is 126 Å². The number of aliphatic hydroxyl groups is 1. The molecule has 2 unspecified atom stereocenters. The molecular weight excluding hydrogens is 272 g/mol. The van der Waals surface area contributed by atoms with Crippen molar-refractivity contribution in [2.45, 2.75) is 56.7 Å². The molecule has 0 radical (unpaired) electrons. The minimum absolute atomic E-state index is 0.0220. The van der Waals surface area contributed by atoms with Crippen molar-refractivity contribution < 1.29 is 9.84 Å². The Morgan fingerprint density at radius 2 is 2.00 bits per heavy atom. The molecule has 3 rings (SSSR count). The van der Waals surface area contributed by atoms with Gasteiger partial charge in [-0.25, -0.2) is 0 Å². The third kappa shape index (κ3) is 2.49. The van der Waals surface area contributed by atoms with Crippen molar-refractivity contribution in [1.29, 1.82) is 0 Å². The fourth-order valence-electron chi connectivity index (χ4n) is 3.97. The minimum Gasteiger partial charge on any atom is -0.385 e. The van der Waals surface area contributed by atoms with Gasteiger partial charge in [0, 0.05) is 17.2 Å². The summed E-state index contributed by atoms with van der Waals surface area (Å²) in [4.78, 5) is 0. The summed E-state index contributed by atoms with van der Waals surface area (Å²) < 4.78 is 6.07. The highest BCUT2D eigenvalue weighted by Gasteiger charge is 2.46. The van der Waals surface area contributed by atoms with Crippen molar-refractivity contribution in [2.75, 3.05) is 6.61 Å². The van der Waals surface area contributed by atoms with Crippen LogP contribution in [-0.2, 0) is 10.3 Å². The van der Waals surface area contributed by atoms with E-state index in [2.05, 4.69) is 0 Å². The third-order valence-electron chi connectivity index (χ3n) is 5.22. The second kappa shape index (κ2) is 5.32. The van der Waals surface area contributed by atoms with Gasteiger partial charge in [-0.05, 0) is 44.6 Å². The lowest BCUT2D eigenvalue weighted by atomic mass is 9.73. The molecule has 1 aliphatic heterocycles. The smallest absolute Gasteiger partial charge is 0.0912 e. The number of benzene rings is 1. The van der Waals surface area contributed by atoms with E-state index in [1.807, 2.05) is 31.2 Å². The van der Waals surface area contributed by atoms with Crippen LogP contribution in [-0.4, -0.2) is 17.3 Å². The van der Waals surface area contributed by atoms with Crippen LogP contribution >= 0.6 is 11.6 Å². The van der Waals surface area contributed by atoms with Crippen molar-refractivity contribution in [2.24, 2.45) is 5.92 Å². The van der Waals surface area contributed by atoms with Gasteiger partial charge in [0.1, 0.15) is 0 Å². The Hall–Kier alpha value is -0.570. The van der Waals surface area contributed by atoms with Gasteiger partial charge >= 0.3 is 0 Å².